The third-order valence-electron chi connectivity index (χ3n) is 5.92. The number of carbonyl (C=O) groups is 1. The molecule has 0 amide bonds. The largest absolute Gasteiger partial charge is 0.487 e. The number of aromatic amines is 1. The molecule has 0 spiro atoms. The summed E-state index contributed by atoms with van der Waals surface area (Å²) in [4.78, 5) is 21.2. The zero-order valence-electron chi connectivity index (χ0n) is 18.5. The first-order valence-electron chi connectivity index (χ1n) is 10.6. The van der Waals surface area contributed by atoms with Gasteiger partial charge in [-0.3, -0.25) is 9.78 Å². The van der Waals surface area contributed by atoms with Crippen LogP contribution in [0.1, 0.15) is 54.9 Å². The first-order valence-corrected chi connectivity index (χ1v) is 10.6. The van der Waals surface area contributed by atoms with Gasteiger partial charge in [0.1, 0.15) is 5.75 Å². The second-order valence-corrected chi connectivity index (χ2v) is 8.93. The monoisotopic (exact) mass is 427 g/mol. The van der Waals surface area contributed by atoms with E-state index in [0.29, 0.717) is 34.1 Å². The highest BCUT2D eigenvalue weighted by Crippen LogP contribution is 2.47. The van der Waals surface area contributed by atoms with Crippen molar-refractivity contribution >= 4 is 22.4 Å². The van der Waals surface area contributed by atoms with Gasteiger partial charge < -0.3 is 20.2 Å². The number of fused-ring (bicyclic) bond motifs is 4. The smallest absolute Gasteiger partial charge is 0.195 e. The molecule has 1 aliphatic carbocycles. The van der Waals surface area contributed by atoms with E-state index in [1.54, 1.807) is 24.5 Å². The lowest BCUT2D eigenvalue weighted by atomic mass is 9.71. The highest BCUT2D eigenvalue weighted by Gasteiger charge is 2.40. The van der Waals surface area contributed by atoms with E-state index < -0.39 is 5.41 Å². The molecule has 0 fully saturated rings. The second-order valence-electron chi connectivity index (χ2n) is 8.93. The molecule has 2 aromatic heterocycles. The van der Waals surface area contributed by atoms with Crippen LogP contribution in [0.15, 0.2) is 54.9 Å². The summed E-state index contributed by atoms with van der Waals surface area (Å²) in [5.41, 5.74) is 10.1. The zero-order chi connectivity index (χ0) is 22.6. The summed E-state index contributed by atoms with van der Waals surface area (Å²) < 4.78 is 12.2. The number of nitrogens with zero attached hydrogens (tertiary/aromatic N) is 1. The lowest BCUT2D eigenvalue weighted by Gasteiger charge is -2.33. The van der Waals surface area contributed by atoms with E-state index in [9.17, 15) is 4.79 Å². The first kappa shape index (κ1) is 20.1. The fraction of sp³-hybridized carbons (Fsp3) is 0.231. The predicted octanol–water partition coefficient (Wildman–Crippen LogP) is 5.59. The van der Waals surface area contributed by atoms with Crippen LogP contribution in [0.4, 0.5) is 5.69 Å². The van der Waals surface area contributed by atoms with Crippen LogP contribution in [0.3, 0.4) is 0 Å². The van der Waals surface area contributed by atoms with Crippen LogP contribution in [-0.2, 0) is 5.41 Å². The van der Waals surface area contributed by atoms with E-state index in [2.05, 4.69) is 23.8 Å². The van der Waals surface area contributed by atoms with E-state index in [4.69, 9.17) is 15.2 Å². The topological polar surface area (TPSA) is 90.2 Å². The number of H-pyrrole nitrogens is 1. The van der Waals surface area contributed by atoms with Crippen molar-refractivity contribution < 1.29 is 14.3 Å². The van der Waals surface area contributed by atoms with Gasteiger partial charge in [-0.1, -0.05) is 19.9 Å². The van der Waals surface area contributed by atoms with Gasteiger partial charge in [-0.25, -0.2) is 0 Å². The molecular weight excluding hydrogens is 402 g/mol. The molecule has 6 heteroatoms. The molecule has 1 aliphatic rings. The number of carbonyl (C=O) groups excluding carboxylic acids is 1. The summed E-state index contributed by atoms with van der Waals surface area (Å²) in [5, 5.41) is 0.876. The Morgan fingerprint density at radius 3 is 2.50 bits per heavy atom. The van der Waals surface area contributed by atoms with E-state index >= 15 is 0 Å². The standard InChI is InChI=1S/C26H25N3O3/c1-14(2)31-21-12-18-19(13-22(21)32-16-7-9-28-10-8-16)26(3,4)25-23(24(18)30)17-6-5-15(27)11-20(17)29-25/h5-14,29H,27H2,1-4H3. The Morgan fingerprint density at radius 1 is 1.03 bits per heavy atom. The summed E-state index contributed by atoms with van der Waals surface area (Å²) in [6, 6.07) is 12.9. The van der Waals surface area contributed by atoms with Crippen LogP contribution >= 0.6 is 0 Å². The highest BCUT2D eigenvalue weighted by atomic mass is 16.5. The maximum absolute atomic E-state index is 13.7. The van der Waals surface area contributed by atoms with E-state index in [0.717, 1.165) is 22.2 Å². The van der Waals surface area contributed by atoms with Gasteiger partial charge in [-0.2, -0.15) is 0 Å². The number of benzene rings is 2. The SMILES string of the molecule is CC(C)Oc1cc2c(cc1Oc1ccncc1)C(C)(C)c1[nH]c3cc(N)ccc3c1C2=O. The molecule has 0 radical (unpaired) electrons. The van der Waals surface area contributed by atoms with Crippen LogP contribution in [-0.4, -0.2) is 21.9 Å². The zero-order valence-corrected chi connectivity index (χ0v) is 18.5. The molecule has 0 bridgehead atoms. The van der Waals surface area contributed by atoms with Gasteiger partial charge in [-0.05, 0) is 55.8 Å². The summed E-state index contributed by atoms with van der Waals surface area (Å²) in [7, 11) is 0. The van der Waals surface area contributed by atoms with Crippen molar-refractivity contribution in [3.05, 3.63) is 77.2 Å². The molecule has 0 unspecified atom stereocenters. The molecule has 0 aliphatic heterocycles. The van der Waals surface area contributed by atoms with Crippen molar-refractivity contribution in [3.63, 3.8) is 0 Å². The van der Waals surface area contributed by atoms with Gasteiger partial charge in [0.05, 0.1) is 11.7 Å². The molecule has 2 heterocycles. The van der Waals surface area contributed by atoms with Crippen molar-refractivity contribution in [2.75, 3.05) is 5.73 Å². The average Bonchev–Trinajstić information content (AvgIpc) is 3.13. The maximum atomic E-state index is 13.7. The Kier molecular flexibility index (Phi) is 4.48. The lowest BCUT2D eigenvalue weighted by molar-refractivity contribution is 0.103. The Labute approximate surface area is 186 Å². The van der Waals surface area contributed by atoms with Crippen molar-refractivity contribution in [1.29, 1.82) is 0 Å². The molecule has 6 nitrogen and oxygen atoms in total. The Balaban J connectivity index is 1.72. The van der Waals surface area contributed by atoms with Crippen molar-refractivity contribution in [1.82, 2.24) is 9.97 Å². The summed E-state index contributed by atoms with van der Waals surface area (Å²) in [5.74, 6) is 1.71. The quantitative estimate of drug-likeness (QED) is 0.414. The molecule has 3 N–H and O–H groups in total. The fourth-order valence-electron chi connectivity index (χ4n) is 4.41. The molecule has 0 saturated heterocycles. The minimum Gasteiger partial charge on any atom is -0.487 e. The molecule has 5 rings (SSSR count). The fourth-order valence-corrected chi connectivity index (χ4v) is 4.41. The highest BCUT2D eigenvalue weighted by molar-refractivity contribution is 6.20. The Hall–Kier alpha value is -3.80. The van der Waals surface area contributed by atoms with E-state index in [1.165, 1.54) is 0 Å². The third kappa shape index (κ3) is 3.11. The molecule has 32 heavy (non-hydrogen) atoms. The predicted molar refractivity (Wildman–Crippen MR) is 125 cm³/mol. The van der Waals surface area contributed by atoms with Gasteiger partial charge in [0, 0.05) is 45.7 Å². The normalized spacial score (nSPS) is 14.3. The number of aromatic nitrogens is 2. The molecule has 4 aromatic rings. The maximum Gasteiger partial charge on any atom is 0.195 e. The third-order valence-corrected chi connectivity index (χ3v) is 5.92. The van der Waals surface area contributed by atoms with E-state index in [-0.39, 0.29) is 11.9 Å². The number of anilines is 1. The number of pyridine rings is 1. The minimum atomic E-state index is -0.459. The number of nitrogens with one attached hydrogen (secondary N) is 1. The molecule has 0 saturated carbocycles. The number of nitrogen functional groups attached to an aromatic ring is 1. The van der Waals surface area contributed by atoms with Gasteiger partial charge in [0.2, 0.25) is 0 Å². The number of hydrogen-bond acceptors (Lipinski definition) is 5. The molecule has 0 atom stereocenters. The summed E-state index contributed by atoms with van der Waals surface area (Å²) in [6.07, 6.45) is 3.27. The van der Waals surface area contributed by atoms with Gasteiger partial charge in [-0.15, -0.1) is 0 Å². The minimum absolute atomic E-state index is 0.0330. The molecule has 2 aromatic carbocycles. The van der Waals surface area contributed by atoms with Gasteiger partial charge >= 0.3 is 0 Å². The second kappa shape index (κ2) is 7.12. The molecular formula is C26H25N3O3. The van der Waals surface area contributed by atoms with E-state index in [1.807, 2.05) is 44.2 Å². The van der Waals surface area contributed by atoms with Crippen LogP contribution in [0.2, 0.25) is 0 Å². The van der Waals surface area contributed by atoms with Crippen molar-refractivity contribution in [3.8, 4) is 17.2 Å². The summed E-state index contributed by atoms with van der Waals surface area (Å²) >= 11 is 0. The number of nitrogens with two attached hydrogens (primary N) is 1. The van der Waals surface area contributed by atoms with Crippen LogP contribution in [0.5, 0.6) is 17.2 Å². The van der Waals surface area contributed by atoms with Crippen LogP contribution in [0, 0.1) is 0 Å². The number of ether oxygens (including phenoxy) is 2. The summed E-state index contributed by atoms with van der Waals surface area (Å²) in [6.45, 7) is 8.11. The Morgan fingerprint density at radius 2 is 1.78 bits per heavy atom. The number of rotatable bonds is 4. The number of ketones is 1. The van der Waals surface area contributed by atoms with Gasteiger partial charge in [0.15, 0.2) is 17.3 Å². The van der Waals surface area contributed by atoms with Crippen molar-refractivity contribution in [2.24, 2.45) is 0 Å². The van der Waals surface area contributed by atoms with Gasteiger partial charge in [0.25, 0.3) is 0 Å². The molecule has 162 valence electrons. The average molecular weight is 428 g/mol. The van der Waals surface area contributed by atoms with Crippen LogP contribution < -0.4 is 15.2 Å². The first-order chi connectivity index (χ1) is 15.3. The van der Waals surface area contributed by atoms with Crippen molar-refractivity contribution in [2.45, 2.75) is 39.2 Å². The Bertz CT molecular complexity index is 1350. The lowest BCUT2D eigenvalue weighted by Crippen LogP contribution is -2.30. The number of hydrogen-bond donors (Lipinski definition) is 2. The van der Waals surface area contributed by atoms with Crippen LogP contribution in [0.25, 0.3) is 10.9 Å².